The molecule has 0 aromatic heterocycles. The molecule has 5 nitrogen and oxygen atoms in total. The Morgan fingerprint density at radius 3 is 2.43 bits per heavy atom. The van der Waals surface area contributed by atoms with Crippen LogP contribution in [0.3, 0.4) is 0 Å². The largest absolute Gasteiger partial charge is 0.369 e. The molecule has 1 aliphatic heterocycles. The van der Waals surface area contributed by atoms with Crippen LogP contribution in [0.1, 0.15) is 62.5 Å². The highest BCUT2D eigenvalue weighted by molar-refractivity contribution is 7.89. The molecule has 0 aliphatic carbocycles. The van der Waals surface area contributed by atoms with Gasteiger partial charge in [-0.2, -0.15) is 0 Å². The van der Waals surface area contributed by atoms with Crippen LogP contribution in [0.5, 0.6) is 0 Å². The summed E-state index contributed by atoms with van der Waals surface area (Å²) in [5, 5.41) is 0. The summed E-state index contributed by atoms with van der Waals surface area (Å²) in [5.41, 5.74) is 7.88. The molecule has 1 fully saturated rings. The first kappa shape index (κ1) is 22.4. The lowest BCUT2D eigenvalue weighted by atomic mass is 9.90. The molecule has 0 saturated carbocycles. The molecule has 1 aromatic carbocycles. The van der Waals surface area contributed by atoms with Crippen molar-refractivity contribution in [1.82, 2.24) is 4.31 Å². The number of piperidine rings is 1. The fourth-order valence-electron chi connectivity index (χ4n) is 3.48. The maximum atomic E-state index is 12.8. The number of aryl methyl sites for hydroxylation is 1. The topological polar surface area (TPSA) is 80.5 Å². The zero-order chi connectivity index (χ0) is 20.6. The average molecular weight is 405 g/mol. The highest BCUT2D eigenvalue weighted by Gasteiger charge is 2.31. The van der Waals surface area contributed by atoms with E-state index in [1.165, 1.54) is 15.4 Å². The van der Waals surface area contributed by atoms with Gasteiger partial charge < -0.3 is 5.73 Å². The maximum absolute atomic E-state index is 12.8. The number of rotatable bonds is 8. The molecule has 154 valence electrons. The zero-order valence-electron chi connectivity index (χ0n) is 17.0. The zero-order valence-corrected chi connectivity index (χ0v) is 17.8. The van der Waals surface area contributed by atoms with Crippen LogP contribution in [0.2, 0.25) is 0 Å². The fourth-order valence-corrected chi connectivity index (χ4v) is 5.12. The SMILES string of the molecule is CCCCCC#CC(CS(=O)(=O)N1CCC(c2ccc(C)cc2)CC1)C(N)=O. The molecule has 0 radical (unpaired) electrons. The van der Waals surface area contributed by atoms with Crippen LogP contribution in [0.15, 0.2) is 24.3 Å². The van der Waals surface area contributed by atoms with E-state index < -0.39 is 21.8 Å². The summed E-state index contributed by atoms with van der Waals surface area (Å²) < 4.78 is 27.0. The van der Waals surface area contributed by atoms with E-state index in [1.54, 1.807) is 0 Å². The van der Waals surface area contributed by atoms with Gasteiger partial charge in [0.05, 0.1) is 5.75 Å². The summed E-state index contributed by atoms with van der Waals surface area (Å²) >= 11 is 0. The Morgan fingerprint density at radius 1 is 1.21 bits per heavy atom. The predicted octanol–water partition coefficient (Wildman–Crippen LogP) is 3.19. The van der Waals surface area contributed by atoms with Gasteiger partial charge in [0.1, 0.15) is 5.92 Å². The molecule has 2 N–H and O–H groups in total. The van der Waals surface area contributed by atoms with E-state index in [9.17, 15) is 13.2 Å². The number of amides is 1. The molecule has 1 heterocycles. The molecule has 0 bridgehead atoms. The number of carbonyl (C=O) groups excluding carboxylic acids is 1. The minimum Gasteiger partial charge on any atom is -0.369 e. The first-order chi connectivity index (χ1) is 13.3. The minimum atomic E-state index is -3.56. The van der Waals surface area contributed by atoms with Crippen LogP contribution in [0.4, 0.5) is 0 Å². The maximum Gasteiger partial charge on any atom is 0.233 e. The minimum absolute atomic E-state index is 0.321. The predicted molar refractivity (Wildman–Crippen MR) is 113 cm³/mol. The molecule has 1 aromatic rings. The third kappa shape index (κ3) is 6.65. The lowest BCUT2D eigenvalue weighted by molar-refractivity contribution is -0.119. The first-order valence-electron chi connectivity index (χ1n) is 10.2. The molecule has 1 aliphatic rings. The van der Waals surface area contributed by atoms with Crippen molar-refractivity contribution in [1.29, 1.82) is 0 Å². The summed E-state index contributed by atoms with van der Waals surface area (Å²) in [6, 6.07) is 8.44. The van der Waals surface area contributed by atoms with E-state index >= 15 is 0 Å². The van der Waals surface area contributed by atoms with E-state index in [2.05, 4.69) is 50.0 Å². The van der Waals surface area contributed by atoms with Gasteiger partial charge in [-0.05, 0) is 37.7 Å². The lowest BCUT2D eigenvalue weighted by Gasteiger charge is -2.31. The quantitative estimate of drug-likeness (QED) is 0.534. The number of unbranched alkanes of at least 4 members (excludes halogenated alkanes) is 3. The van der Waals surface area contributed by atoms with E-state index in [0.717, 1.165) is 32.1 Å². The van der Waals surface area contributed by atoms with E-state index in [-0.39, 0.29) is 5.75 Å². The summed E-state index contributed by atoms with van der Waals surface area (Å²) in [4.78, 5) is 11.7. The molecular weight excluding hydrogens is 372 g/mol. The monoisotopic (exact) mass is 404 g/mol. The van der Waals surface area contributed by atoms with Gasteiger partial charge in [-0.25, -0.2) is 12.7 Å². The molecule has 2 rings (SSSR count). The van der Waals surface area contributed by atoms with Gasteiger partial charge in [0, 0.05) is 19.5 Å². The highest BCUT2D eigenvalue weighted by atomic mass is 32.2. The molecule has 1 saturated heterocycles. The number of primary amides is 1. The number of hydrogen-bond acceptors (Lipinski definition) is 3. The number of benzene rings is 1. The van der Waals surface area contributed by atoms with Gasteiger partial charge in [-0.15, -0.1) is 5.92 Å². The Labute approximate surface area is 169 Å². The van der Waals surface area contributed by atoms with Crippen molar-refractivity contribution in [3.8, 4) is 11.8 Å². The van der Waals surface area contributed by atoms with E-state index in [1.807, 2.05) is 0 Å². The van der Waals surface area contributed by atoms with E-state index in [4.69, 9.17) is 5.73 Å². The van der Waals surface area contributed by atoms with Crippen LogP contribution >= 0.6 is 0 Å². The Kier molecular flexibility index (Phi) is 8.53. The Morgan fingerprint density at radius 2 is 1.86 bits per heavy atom. The van der Waals surface area contributed by atoms with E-state index in [0.29, 0.717) is 25.4 Å². The Balaban J connectivity index is 1.94. The normalized spacial score (nSPS) is 16.9. The van der Waals surface area contributed by atoms with Gasteiger partial charge in [0.2, 0.25) is 15.9 Å². The summed E-state index contributed by atoms with van der Waals surface area (Å²) in [6.07, 6.45) is 5.35. The van der Waals surface area contributed by atoms with Crippen LogP contribution in [-0.2, 0) is 14.8 Å². The van der Waals surface area contributed by atoms with Gasteiger partial charge in [0.25, 0.3) is 0 Å². The summed E-state index contributed by atoms with van der Waals surface area (Å²) in [6.45, 7) is 5.10. The van der Waals surface area contributed by atoms with Crippen molar-refractivity contribution >= 4 is 15.9 Å². The Hall–Kier alpha value is -1.84. The standard InChI is InChI=1S/C22H32N2O3S/c1-3-4-5-6-7-8-21(22(23)25)17-28(26,27)24-15-13-20(14-16-24)19-11-9-18(2)10-12-19/h9-12,20-21H,3-6,13-17H2,1-2H3,(H2,23,25). The number of nitrogens with zero attached hydrogens (tertiary/aromatic N) is 1. The average Bonchev–Trinajstić information content (AvgIpc) is 2.67. The molecule has 1 amide bonds. The molecule has 6 heteroatoms. The second-order valence-corrected chi connectivity index (χ2v) is 9.61. The molecular formula is C22H32N2O3S. The van der Waals surface area contributed by atoms with Crippen molar-refractivity contribution in [2.75, 3.05) is 18.8 Å². The van der Waals surface area contributed by atoms with Crippen molar-refractivity contribution in [2.24, 2.45) is 11.7 Å². The second-order valence-electron chi connectivity index (χ2n) is 7.60. The van der Waals surface area contributed by atoms with Crippen molar-refractivity contribution in [3.05, 3.63) is 35.4 Å². The van der Waals surface area contributed by atoms with Crippen LogP contribution in [0, 0.1) is 24.7 Å². The Bertz CT molecular complexity index is 798. The van der Waals surface area contributed by atoms with Crippen molar-refractivity contribution < 1.29 is 13.2 Å². The third-order valence-corrected chi connectivity index (χ3v) is 7.20. The van der Waals surface area contributed by atoms with Crippen LogP contribution in [0.25, 0.3) is 0 Å². The smallest absolute Gasteiger partial charge is 0.233 e. The summed E-state index contributed by atoms with van der Waals surface area (Å²) in [5.74, 6) is 4.15. The number of hydrogen-bond donors (Lipinski definition) is 1. The number of nitrogens with two attached hydrogens (primary N) is 1. The first-order valence-corrected chi connectivity index (χ1v) is 11.8. The third-order valence-electron chi connectivity index (χ3n) is 5.30. The molecule has 1 unspecified atom stereocenters. The fraction of sp³-hybridized carbons (Fsp3) is 0.591. The van der Waals surface area contributed by atoms with Gasteiger partial charge in [-0.1, -0.05) is 55.5 Å². The highest BCUT2D eigenvalue weighted by Crippen LogP contribution is 2.29. The molecule has 0 spiro atoms. The van der Waals surface area contributed by atoms with Crippen molar-refractivity contribution in [2.45, 2.75) is 58.3 Å². The van der Waals surface area contributed by atoms with Gasteiger partial charge in [0.15, 0.2) is 0 Å². The lowest BCUT2D eigenvalue weighted by Crippen LogP contribution is -2.42. The number of carbonyl (C=O) groups is 1. The van der Waals surface area contributed by atoms with Crippen LogP contribution in [-0.4, -0.2) is 37.5 Å². The van der Waals surface area contributed by atoms with Gasteiger partial charge in [-0.3, -0.25) is 4.79 Å². The molecule has 28 heavy (non-hydrogen) atoms. The number of sulfonamides is 1. The molecule has 1 atom stereocenters. The summed E-state index contributed by atoms with van der Waals surface area (Å²) in [7, 11) is -3.56. The second kappa shape index (κ2) is 10.6. The van der Waals surface area contributed by atoms with Gasteiger partial charge >= 0.3 is 0 Å². The van der Waals surface area contributed by atoms with Crippen LogP contribution < -0.4 is 5.73 Å². The van der Waals surface area contributed by atoms with Crippen molar-refractivity contribution in [3.63, 3.8) is 0 Å².